The van der Waals surface area contributed by atoms with E-state index in [-0.39, 0.29) is 11.8 Å². The summed E-state index contributed by atoms with van der Waals surface area (Å²) in [5, 5.41) is 6.25. The number of anilines is 3. The summed E-state index contributed by atoms with van der Waals surface area (Å²) in [4.78, 5) is 26.7. The van der Waals surface area contributed by atoms with Crippen molar-refractivity contribution in [2.75, 3.05) is 29.6 Å². The maximum absolute atomic E-state index is 12.6. The van der Waals surface area contributed by atoms with Gasteiger partial charge in [0.2, 0.25) is 5.91 Å². The van der Waals surface area contributed by atoms with Crippen LogP contribution in [0.2, 0.25) is 5.02 Å². The van der Waals surface area contributed by atoms with Crippen LogP contribution in [0.25, 0.3) is 0 Å². The molecule has 0 heterocycles. The van der Waals surface area contributed by atoms with Gasteiger partial charge >= 0.3 is 0 Å². The number of nitrogens with zero attached hydrogens (tertiary/aromatic N) is 1. The number of benzene rings is 2. The summed E-state index contributed by atoms with van der Waals surface area (Å²) in [6.45, 7) is 5.50. The van der Waals surface area contributed by atoms with E-state index in [1.807, 2.05) is 45.8 Å². The van der Waals surface area contributed by atoms with Crippen LogP contribution in [0.3, 0.4) is 0 Å². The van der Waals surface area contributed by atoms with Crippen LogP contribution in [0.4, 0.5) is 17.1 Å². The van der Waals surface area contributed by atoms with Gasteiger partial charge in [-0.15, -0.1) is 0 Å². The lowest BCUT2D eigenvalue weighted by atomic mass is 9.95. The third kappa shape index (κ3) is 4.99. The number of carbonyl (C=O) groups is 2. The van der Waals surface area contributed by atoms with Gasteiger partial charge in [0, 0.05) is 35.8 Å². The van der Waals surface area contributed by atoms with Crippen molar-refractivity contribution in [3.05, 3.63) is 53.1 Å². The van der Waals surface area contributed by atoms with E-state index in [1.165, 1.54) is 0 Å². The van der Waals surface area contributed by atoms with Crippen LogP contribution in [-0.4, -0.2) is 25.9 Å². The average molecular weight is 374 g/mol. The molecule has 0 aliphatic rings. The molecule has 0 atom stereocenters. The highest BCUT2D eigenvalue weighted by molar-refractivity contribution is 6.31. The monoisotopic (exact) mass is 373 g/mol. The van der Waals surface area contributed by atoms with Crippen LogP contribution < -0.4 is 15.5 Å². The molecule has 26 heavy (non-hydrogen) atoms. The first kappa shape index (κ1) is 19.8. The molecular formula is C20H24ClN3O2. The summed E-state index contributed by atoms with van der Waals surface area (Å²) in [6, 6.07) is 12.2. The molecule has 2 amide bonds. The van der Waals surface area contributed by atoms with E-state index in [2.05, 4.69) is 10.6 Å². The second kappa shape index (κ2) is 7.79. The molecule has 0 aromatic heterocycles. The molecule has 2 aromatic rings. The van der Waals surface area contributed by atoms with Gasteiger partial charge in [-0.3, -0.25) is 9.59 Å². The number of hydrogen-bond acceptors (Lipinski definition) is 3. The third-order valence-corrected chi connectivity index (χ3v) is 3.99. The molecule has 0 saturated carbocycles. The minimum Gasteiger partial charge on any atom is -0.376 e. The molecule has 2 aromatic carbocycles. The Morgan fingerprint density at radius 3 is 2.31 bits per heavy atom. The SMILES string of the molecule is CN(C)c1ccc(Cl)cc1NC(=O)c1cccc(NC(=O)C(C)(C)C)c1. The van der Waals surface area contributed by atoms with E-state index in [0.717, 1.165) is 5.69 Å². The molecule has 6 heteroatoms. The Morgan fingerprint density at radius 2 is 1.69 bits per heavy atom. The van der Waals surface area contributed by atoms with E-state index in [9.17, 15) is 9.59 Å². The molecule has 0 bridgehead atoms. The topological polar surface area (TPSA) is 61.4 Å². The van der Waals surface area contributed by atoms with Gasteiger partial charge in [-0.05, 0) is 36.4 Å². The van der Waals surface area contributed by atoms with Crippen LogP contribution in [0.1, 0.15) is 31.1 Å². The first-order valence-corrected chi connectivity index (χ1v) is 8.65. The van der Waals surface area contributed by atoms with Crippen molar-refractivity contribution in [3.63, 3.8) is 0 Å². The molecule has 2 rings (SSSR count). The standard InChI is InChI=1S/C20H24ClN3O2/c1-20(2,3)19(26)22-15-8-6-7-13(11-15)18(25)23-16-12-14(21)9-10-17(16)24(4)5/h6-12H,1-5H3,(H,22,26)(H,23,25). The van der Waals surface area contributed by atoms with Gasteiger partial charge in [-0.2, -0.15) is 0 Å². The molecule has 0 unspecified atom stereocenters. The lowest BCUT2D eigenvalue weighted by molar-refractivity contribution is -0.123. The third-order valence-electron chi connectivity index (χ3n) is 3.75. The molecule has 138 valence electrons. The maximum atomic E-state index is 12.6. The Morgan fingerprint density at radius 1 is 1.00 bits per heavy atom. The fourth-order valence-corrected chi connectivity index (χ4v) is 2.42. The van der Waals surface area contributed by atoms with Crippen molar-refractivity contribution < 1.29 is 9.59 Å². The van der Waals surface area contributed by atoms with Crippen LogP contribution in [0, 0.1) is 5.41 Å². The van der Waals surface area contributed by atoms with Crippen LogP contribution in [-0.2, 0) is 4.79 Å². The highest BCUT2D eigenvalue weighted by atomic mass is 35.5. The summed E-state index contributed by atoms with van der Waals surface area (Å²) in [5.41, 5.74) is 1.98. The number of amides is 2. The Balaban J connectivity index is 2.22. The zero-order chi connectivity index (χ0) is 19.5. The molecule has 0 spiro atoms. The van der Waals surface area contributed by atoms with Gasteiger partial charge in [-0.1, -0.05) is 38.4 Å². The van der Waals surface area contributed by atoms with Crippen LogP contribution in [0.15, 0.2) is 42.5 Å². The molecule has 0 aliphatic heterocycles. The zero-order valence-electron chi connectivity index (χ0n) is 15.7. The summed E-state index contributed by atoms with van der Waals surface area (Å²) < 4.78 is 0. The summed E-state index contributed by atoms with van der Waals surface area (Å²) in [5.74, 6) is -0.387. The number of rotatable bonds is 4. The normalized spacial score (nSPS) is 11.0. The molecular weight excluding hydrogens is 350 g/mol. The van der Waals surface area contributed by atoms with Crippen molar-refractivity contribution in [2.24, 2.45) is 5.41 Å². The van der Waals surface area contributed by atoms with E-state index < -0.39 is 5.41 Å². The van der Waals surface area contributed by atoms with E-state index >= 15 is 0 Å². The Labute approximate surface area is 159 Å². The first-order valence-electron chi connectivity index (χ1n) is 8.27. The van der Waals surface area contributed by atoms with Crippen LogP contribution in [0.5, 0.6) is 0 Å². The molecule has 0 saturated heterocycles. The number of halogens is 1. The van der Waals surface area contributed by atoms with E-state index in [4.69, 9.17) is 11.6 Å². The quantitative estimate of drug-likeness (QED) is 0.820. The minimum atomic E-state index is -0.514. The fraction of sp³-hybridized carbons (Fsp3) is 0.300. The van der Waals surface area contributed by atoms with E-state index in [0.29, 0.717) is 22.0 Å². The number of carbonyl (C=O) groups excluding carboxylic acids is 2. The van der Waals surface area contributed by atoms with Crippen molar-refractivity contribution in [1.29, 1.82) is 0 Å². The van der Waals surface area contributed by atoms with E-state index in [1.54, 1.807) is 36.4 Å². The van der Waals surface area contributed by atoms with Gasteiger partial charge in [0.15, 0.2) is 0 Å². The molecule has 0 fully saturated rings. The van der Waals surface area contributed by atoms with Crippen molar-refractivity contribution in [3.8, 4) is 0 Å². The Kier molecular flexibility index (Phi) is 5.93. The van der Waals surface area contributed by atoms with Gasteiger partial charge in [0.05, 0.1) is 11.4 Å². The smallest absolute Gasteiger partial charge is 0.255 e. The van der Waals surface area contributed by atoms with Crippen molar-refractivity contribution in [1.82, 2.24) is 0 Å². The average Bonchev–Trinajstić information content (AvgIpc) is 2.54. The van der Waals surface area contributed by atoms with Gasteiger partial charge in [0.1, 0.15) is 0 Å². The lowest BCUT2D eigenvalue weighted by Gasteiger charge is -2.19. The maximum Gasteiger partial charge on any atom is 0.255 e. The van der Waals surface area contributed by atoms with Gasteiger partial charge in [-0.25, -0.2) is 0 Å². The fourth-order valence-electron chi connectivity index (χ4n) is 2.25. The van der Waals surface area contributed by atoms with Crippen molar-refractivity contribution in [2.45, 2.75) is 20.8 Å². The lowest BCUT2D eigenvalue weighted by Crippen LogP contribution is -2.27. The van der Waals surface area contributed by atoms with Gasteiger partial charge < -0.3 is 15.5 Å². The predicted octanol–water partition coefficient (Wildman–Crippen LogP) is 4.64. The minimum absolute atomic E-state index is 0.111. The molecule has 5 nitrogen and oxygen atoms in total. The Hall–Kier alpha value is -2.53. The first-order chi connectivity index (χ1) is 12.1. The molecule has 0 aliphatic carbocycles. The largest absolute Gasteiger partial charge is 0.376 e. The number of nitrogens with one attached hydrogen (secondary N) is 2. The highest BCUT2D eigenvalue weighted by Gasteiger charge is 2.21. The summed E-state index contributed by atoms with van der Waals surface area (Å²) in [7, 11) is 3.78. The summed E-state index contributed by atoms with van der Waals surface area (Å²) in [6.07, 6.45) is 0. The molecule has 2 N–H and O–H groups in total. The second-order valence-corrected chi connectivity index (χ2v) is 7.73. The van der Waals surface area contributed by atoms with Crippen LogP contribution >= 0.6 is 11.6 Å². The van der Waals surface area contributed by atoms with Gasteiger partial charge in [0.25, 0.3) is 5.91 Å². The molecule has 0 radical (unpaired) electrons. The Bertz CT molecular complexity index is 826. The van der Waals surface area contributed by atoms with Crippen molar-refractivity contribution >= 4 is 40.5 Å². The number of hydrogen-bond donors (Lipinski definition) is 2. The second-order valence-electron chi connectivity index (χ2n) is 7.29. The predicted molar refractivity (Wildman–Crippen MR) is 108 cm³/mol. The highest BCUT2D eigenvalue weighted by Crippen LogP contribution is 2.28. The summed E-state index contributed by atoms with van der Waals surface area (Å²) >= 11 is 6.06. The zero-order valence-corrected chi connectivity index (χ0v) is 16.4.